The molecule has 0 aliphatic carbocycles. The van der Waals surface area contributed by atoms with Crippen molar-refractivity contribution in [3.63, 3.8) is 0 Å². The quantitative estimate of drug-likeness (QED) is 0.512. The Labute approximate surface area is 194 Å². The molecular weight excluding hydrogens is 440 g/mol. The van der Waals surface area contributed by atoms with Crippen LogP contribution in [0.15, 0.2) is 77.7 Å². The van der Waals surface area contributed by atoms with Crippen LogP contribution in [0.5, 0.6) is 0 Å². The lowest BCUT2D eigenvalue weighted by molar-refractivity contribution is -0.124. The van der Waals surface area contributed by atoms with Crippen LogP contribution in [0.25, 0.3) is 0 Å². The summed E-state index contributed by atoms with van der Waals surface area (Å²) in [5.74, 6) is -1.23. The number of carbonyl (C=O) groups is 2. The van der Waals surface area contributed by atoms with Gasteiger partial charge in [0.2, 0.25) is 0 Å². The summed E-state index contributed by atoms with van der Waals surface area (Å²) in [7, 11) is -2.44. The van der Waals surface area contributed by atoms with E-state index < -0.39 is 28.5 Å². The Morgan fingerprint density at radius 3 is 2.15 bits per heavy atom. The van der Waals surface area contributed by atoms with Gasteiger partial charge in [-0.3, -0.25) is 9.10 Å². The Kier molecular flexibility index (Phi) is 7.50. The number of ether oxygens (including phenoxy) is 1. The van der Waals surface area contributed by atoms with Crippen molar-refractivity contribution >= 4 is 27.6 Å². The third-order valence-corrected chi connectivity index (χ3v) is 6.85. The maximum absolute atomic E-state index is 13.0. The highest BCUT2D eigenvalue weighted by Gasteiger charge is 2.23. The fourth-order valence-electron chi connectivity index (χ4n) is 3.01. The Hall–Kier alpha value is -3.65. The third kappa shape index (κ3) is 6.20. The highest BCUT2D eigenvalue weighted by atomic mass is 32.2. The van der Waals surface area contributed by atoms with Gasteiger partial charge in [0.05, 0.1) is 16.1 Å². The van der Waals surface area contributed by atoms with E-state index in [1.807, 2.05) is 50.2 Å². The Morgan fingerprint density at radius 2 is 1.52 bits per heavy atom. The zero-order valence-electron chi connectivity index (χ0n) is 18.7. The summed E-state index contributed by atoms with van der Waals surface area (Å²) in [6.07, 6.45) is 0. The van der Waals surface area contributed by atoms with Crippen LogP contribution in [0.3, 0.4) is 0 Å². The summed E-state index contributed by atoms with van der Waals surface area (Å²) in [5.41, 5.74) is 3.60. The molecule has 1 amide bonds. The summed E-state index contributed by atoms with van der Waals surface area (Å²) in [6.45, 7) is 3.74. The topological polar surface area (TPSA) is 92.8 Å². The Morgan fingerprint density at radius 1 is 0.909 bits per heavy atom. The first kappa shape index (κ1) is 24.0. The number of benzene rings is 3. The van der Waals surface area contributed by atoms with Crippen LogP contribution < -0.4 is 9.62 Å². The van der Waals surface area contributed by atoms with Crippen LogP contribution in [-0.2, 0) is 26.1 Å². The van der Waals surface area contributed by atoms with Gasteiger partial charge in [-0.2, -0.15) is 0 Å². The lowest BCUT2D eigenvalue weighted by Crippen LogP contribution is -2.28. The molecule has 0 saturated heterocycles. The zero-order chi connectivity index (χ0) is 24.0. The molecule has 0 atom stereocenters. The number of esters is 1. The molecular formula is C25H26N2O5S. The minimum atomic E-state index is -3.89. The molecule has 0 aromatic heterocycles. The summed E-state index contributed by atoms with van der Waals surface area (Å²) in [5, 5.41) is 2.68. The molecule has 0 aliphatic rings. The molecule has 3 aromatic rings. The third-order valence-electron chi connectivity index (χ3n) is 5.07. The van der Waals surface area contributed by atoms with E-state index in [9.17, 15) is 18.0 Å². The number of hydrogen-bond acceptors (Lipinski definition) is 5. The second-order valence-corrected chi connectivity index (χ2v) is 9.64. The zero-order valence-corrected chi connectivity index (χ0v) is 19.6. The molecule has 0 aliphatic heterocycles. The number of aryl methyl sites for hydroxylation is 2. The SMILES string of the molecule is Cc1ccc(CNC(=O)COC(=O)c2cccc(S(=O)(=O)N(C)c3ccc(C)cc3)c2)cc1. The molecule has 33 heavy (non-hydrogen) atoms. The number of carbonyl (C=O) groups excluding carboxylic acids is 2. The molecule has 0 bridgehead atoms. The van der Waals surface area contributed by atoms with Crippen molar-refractivity contribution in [3.8, 4) is 0 Å². The van der Waals surface area contributed by atoms with Crippen molar-refractivity contribution in [2.45, 2.75) is 25.3 Å². The van der Waals surface area contributed by atoms with E-state index in [4.69, 9.17) is 4.74 Å². The van der Waals surface area contributed by atoms with Crippen LogP contribution in [0.4, 0.5) is 5.69 Å². The van der Waals surface area contributed by atoms with Crippen LogP contribution in [-0.4, -0.2) is 33.9 Å². The number of sulfonamides is 1. The van der Waals surface area contributed by atoms with Gasteiger partial charge >= 0.3 is 5.97 Å². The van der Waals surface area contributed by atoms with E-state index in [-0.39, 0.29) is 10.5 Å². The predicted molar refractivity (Wildman–Crippen MR) is 127 cm³/mol. The molecule has 1 N–H and O–H groups in total. The van der Waals surface area contributed by atoms with Crippen molar-refractivity contribution < 1.29 is 22.7 Å². The minimum Gasteiger partial charge on any atom is -0.452 e. The second kappa shape index (κ2) is 10.3. The van der Waals surface area contributed by atoms with Gasteiger partial charge in [-0.15, -0.1) is 0 Å². The largest absolute Gasteiger partial charge is 0.452 e. The molecule has 172 valence electrons. The highest BCUT2D eigenvalue weighted by molar-refractivity contribution is 7.92. The lowest BCUT2D eigenvalue weighted by atomic mass is 10.1. The summed E-state index contributed by atoms with van der Waals surface area (Å²) < 4.78 is 32.2. The molecule has 0 heterocycles. The summed E-state index contributed by atoms with van der Waals surface area (Å²) in [6, 6.07) is 20.3. The number of rotatable bonds is 8. The van der Waals surface area contributed by atoms with Crippen molar-refractivity contribution in [1.82, 2.24) is 5.32 Å². The van der Waals surface area contributed by atoms with Crippen LogP contribution in [0.2, 0.25) is 0 Å². The molecule has 0 saturated carbocycles. The number of amides is 1. The van der Waals surface area contributed by atoms with Gasteiger partial charge in [0.1, 0.15) is 0 Å². The van der Waals surface area contributed by atoms with Crippen LogP contribution in [0.1, 0.15) is 27.0 Å². The lowest BCUT2D eigenvalue weighted by Gasteiger charge is -2.20. The minimum absolute atomic E-state index is 0.0414. The summed E-state index contributed by atoms with van der Waals surface area (Å²) in [4.78, 5) is 24.4. The molecule has 0 fully saturated rings. The Bertz CT molecular complexity index is 1240. The predicted octanol–water partition coefficient (Wildman–Crippen LogP) is 3.60. The average Bonchev–Trinajstić information content (AvgIpc) is 2.82. The maximum atomic E-state index is 13.0. The monoisotopic (exact) mass is 466 g/mol. The molecule has 0 radical (unpaired) electrons. The maximum Gasteiger partial charge on any atom is 0.338 e. The van der Waals surface area contributed by atoms with E-state index in [0.29, 0.717) is 12.2 Å². The smallest absolute Gasteiger partial charge is 0.338 e. The second-order valence-electron chi connectivity index (χ2n) is 7.67. The van der Waals surface area contributed by atoms with Crippen LogP contribution >= 0.6 is 0 Å². The van der Waals surface area contributed by atoms with Gasteiger partial charge in [-0.1, -0.05) is 53.6 Å². The van der Waals surface area contributed by atoms with Gasteiger partial charge in [-0.05, 0) is 49.7 Å². The van der Waals surface area contributed by atoms with Gasteiger partial charge in [0.25, 0.3) is 15.9 Å². The molecule has 3 rings (SSSR count). The first-order valence-electron chi connectivity index (χ1n) is 10.3. The molecule has 7 nitrogen and oxygen atoms in total. The average molecular weight is 467 g/mol. The van der Waals surface area contributed by atoms with Gasteiger partial charge in [0.15, 0.2) is 6.61 Å². The van der Waals surface area contributed by atoms with Gasteiger partial charge in [-0.25, -0.2) is 13.2 Å². The normalized spacial score (nSPS) is 11.0. The van der Waals surface area contributed by atoms with Crippen molar-refractivity contribution in [2.75, 3.05) is 18.0 Å². The first-order valence-corrected chi connectivity index (χ1v) is 11.8. The first-order chi connectivity index (χ1) is 15.7. The van der Waals surface area contributed by atoms with E-state index >= 15 is 0 Å². The van der Waals surface area contributed by atoms with E-state index in [1.54, 1.807) is 12.1 Å². The van der Waals surface area contributed by atoms with Gasteiger partial charge < -0.3 is 10.1 Å². The van der Waals surface area contributed by atoms with E-state index in [0.717, 1.165) is 21.0 Å². The number of anilines is 1. The fraction of sp³-hybridized carbons (Fsp3) is 0.200. The molecule has 0 unspecified atom stereocenters. The fourth-order valence-corrected chi connectivity index (χ4v) is 4.25. The van der Waals surface area contributed by atoms with E-state index in [1.165, 1.54) is 31.3 Å². The molecule has 8 heteroatoms. The van der Waals surface area contributed by atoms with Gasteiger partial charge in [0, 0.05) is 13.6 Å². The van der Waals surface area contributed by atoms with Crippen molar-refractivity contribution in [3.05, 3.63) is 95.1 Å². The number of nitrogens with zero attached hydrogens (tertiary/aromatic N) is 1. The summed E-state index contributed by atoms with van der Waals surface area (Å²) >= 11 is 0. The van der Waals surface area contributed by atoms with Crippen LogP contribution in [0, 0.1) is 13.8 Å². The standard InChI is InChI=1S/C25H26N2O5S/c1-18-7-11-20(12-8-18)16-26-24(28)17-32-25(29)21-5-4-6-23(15-21)33(30,31)27(3)22-13-9-19(2)10-14-22/h4-15H,16-17H2,1-3H3,(H,26,28). The highest BCUT2D eigenvalue weighted by Crippen LogP contribution is 2.23. The van der Waals surface area contributed by atoms with E-state index in [2.05, 4.69) is 5.32 Å². The number of hydrogen-bond donors (Lipinski definition) is 1. The number of nitrogens with one attached hydrogen (secondary N) is 1. The van der Waals surface area contributed by atoms with Crippen molar-refractivity contribution in [1.29, 1.82) is 0 Å². The van der Waals surface area contributed by atoms with Crippen molar-refractivity contribution in [2.24, 2.45) is 0 Å². The Balaban J connectivity index is 1.62. The molecule has 0 spiro atoms. The molecule has 3 aromatic carbocycles.